The third kappa shape index (κ3) is 4.09. The molecule has 2 fully saturated rings. The number of hydrogen-bond donors (Lipinski definition) is 2. The highest BCUT2D eigenvalue weighted by molar-refractivity contribution is 5.94. The first-order chi connectivity index (χ1) is 12.7. The molecular weight excluding hydrogens is 326 g/mol. The maximum atomic E-state index is 13.2. The van der Waals surface area contributed by atoms with E-state index in [1.165, 1.54) is 25.7 Å². The molecule has 5 heteroatoms. The molecule has 3 rings (SSSR count). The predicted octanol–water partition coefficient (Wildman–Crippen LogP) is 2.85. The zero-order valence-corrected chi connectivity index (χ0v) is 15.9. The Kier molecular flexibility index (Phi) is 6.30. The number of carbonyl (C=O) groups is 2. The van der Waals surface area contributed by atoms with Gasteiger partial charge in [-0.15, -0.1) is 0 Å². The van der Waals surface area contributed by atoms with Crippen LogP contribution in [0, 0.1) is 0 Å². The smallest absolute Gasteiger partial charge is 0.251 e. The lowest BCUT2D eigenvalue weighted by Gasteiger charge is -2.46. The molecule has 1 aromatic carbocycles. The van der Waals surface area contributed by atoms with Gasteiger partial charge in [0, 0.05) is 19.2 Å². The zero-order chi connectivity index (χ0) is 18.4. The summed E-state index contributed by atoms with van der Waals surface area (Å²) in [5, 5.41) is 5.82. The highest BCUT2D eigenvalue weighted by atomic mass is 16.2. The van der Waals surface area contributed by atoms with Crippen LogP contribution in [0.25, 0.3) is 0 Å². The fourth-order valence-corrected chi connectivity index (χ4v) is 4.46. The fourth-order valence-electron chi connectivity index (χ4n) is 4.46. The van der Waals surface area contributed by atoms with E-state index in [-0.39, 0.29) is 17.4 Å². The number of likely N-dealkylation sites (tertiary alicyclic amines) is 1. The quantitative estimate of drug-likeness (QED) is 0.852. The Morgan fingerprint density at radius 1 is 1.04 bits per heavy atom. The summed E-state index contributed by atoms with van der Waals surface area (Å²) in [6.07, 6.45) is 9.12. The summed E-state index contributed by atoms with van der Waals surface area (Å²) in [6.45, 7) is 2.55. The summed E-state index contributed by atoms with van der Waals surface area (Å²) in [7, 11) is 1.63. The minimum atomic E-state index is -0.322. The van der Waals surface area contributed by atoms with Crippen LogP contribution >= 0.6 is 0 Å². The molecule has 5 nitrogen and oxygen atoms in total. The molecule has 0 atom stereocenters. The summed E-state index contributed by atoms with van der Waals surface area (Å²) in [4.78, 5) is 27.5. The molecule has 0 spiro atoms. The molecule has 1 aromatic rings. The first kappa shape index (κ1) is 18.9. The van der Waals surface area contributed by atoms with Crippen molar-refractivity contribution in [1.82, 2.24) is 15.5 Å². The fraction of sp³-hybridized carbons (Fsp3) is 0.619. The van der Waals surface area contributed by atoms with Crippen LogP contribution in [0.3, 0.4) is 0 Å². The first-order valence-corrected chi connectivity index (χ1v) is 10.00. The van der Waals surface area contributed by atoms with Crippen molar-refractivity contribution in [3.63, 3.8) is 0 Å². The highest BCUT2D eigenvalue weighted by Crippen LogP contribution is 2.35. The van der Waals surface area contributed by atoms with Gasteiger partial charge in [-0.1, -0.05) is 37.8 Å². The van der Waals surface area contributed by atoms with Crippen LogP contribution in [0.5, 0.6) is 0 Å². The Morgan fingerprint density at radius 2 is 1.73 bits per heavy atom. The van der Waals surface area contributed by atoms with E-state index in [0.29, 0.717) is 12.1 Å². The van der Waals surface area contributed by atoms with Gasteiger partial charge in [-0.05, 0) is 56.5 Å². The van der Waals surface area contributed by atoms with Crippen LogP contribution < -0.4 is 10.6 Å². The first-order valence-electron chi connectivity index (χ1n) is 10.00. The zero-order valence-electron chi connectivity index (χ0n) is 15.9. The second kappa shape index (κ2) is 8.67. The SMILES string of the molecule is CNC(=O)c1cccc(CNC(=O)C2(N3CCCCC3)CCCCC2)c1. The van der Waals surface area contributed by atoms with Crippen molar-refractivity contribution < 1.29 is 9.59 Å². The molecule has 0 aromatic heterocycles. The summed E-state index contributed by atoms with van der Waals surface area (Å²) in [6, 6.07) is 7.47. The van der Waals surface area contributed by atoms with Gasteiger partial charge in [-0.25, -0.2) is 0 Å². The number of carbonyl (C=O) groups excluding carboxylic acids is 2. The maximum absolute atomic E-state index is 13.2. The summed E-state index contributed by atoms with van der Waals surface area (Å²) < 4.78 is 0. The number of benzene rings is 1. The molecule has 1 aliphatic carbocycles. The molecule has 2 N–H and O–H groups in total. The third-order valence-electron chi connectivity index (χ3n) is 5.93. The average molecular weight is 357 g/mol. The predicted molar refractivity (Wildman–Crippen MR) is 103 cm³/mol. The van der Waals surface area contributed by atoms with E-state index in [2.05, 4.69) is 15.5 Å². The van der Waals surface area contributed by atoms with Crippen LogP contribution in [0.1, 0.15) is 67.3 Å². The second-order valence-corrected chi connectivity index (χ2v) is 7.60. The largest absolute Gasteiger partial charge is 0.355 e. The Balaban J connectivity index is 1.69. The van der Waals surface area contributed by atoms with Crippen molar-refractivity contribution in [2.75, 3.05) is 20.1 Å². The van der Waals surface area contributed by atoms with E-state index >= 15 is 0 Å². The van der Waals surface area contributed by atoms with Crippen molar-refractivity contribution in [3.05, 3.63) is 35.4 Å². The van der Waals surface area contributed by atoms with E-state index in [1.807, 2.05) is 18.2 Å². The number of piperidine rings is 1. The number of nitrogens with one attached hydrogen (secondary N) is 2. The Morgan fingerprint density at radius 3 is 2.42 bits per heavy atom. The Hall–Kier alpha value is -1.88. The normalized spacial score (nSPS) is 20.3. The molecule has 0 unspecified atom stereocenters. The van der Waals surface area contributed by atoms with Crippen molar-refractivity contribution in [2.24, 2.45) is 0 Å². The van der Waals surface area contributed by atoms with Crippen LogP contribution in [0.2, 0.25) is 0 Å². The van der Waals surface area contributed by atoms with E-state index in [9.17, 15) is 9.59 Å². The molecule has 1 saturated carbocycles. The van der Waals surface area contributed by atoms with Gasteiger partial charge < -0.3 is 10.6 Å². The number of nitrogens with zero attached hydrogens (tertiary/aromatic N) is 1. The van der Waals surface area contributed by atoms with Gasteiger partial charge in [0.15, 0.2) is 0 Å². The van der Waals surface area contributed by atoms with Gasteiger partial charge in [0.05, 0.1) is 0 Å². The number of rotatable bonds is 5. The summed E-state index contributed by atoms with van der Waals surface area (Å²) >= 11 is 0. The van der Waals surface area contributed by atoms with Crippen molar-refractivity contribution in [3.8, 4) is 0 Å². The molecule has 26 heavy (non-hydrogen) atoms. The second-order valence-electron chi connectivity index (χ2n) is 7.60. The van der Waals surface area contributed by atoms with Crippen molar-refractivity contribution >= 4 is 11.8 Å². The summed E-state index contributed by atoms with van der Waals surface area (Å²) in [5.74, 6) is 0.0692. The maximum Gasteiger partial charge on any atom is 0.251 e. The van der Waals surface area contributed by atoms with E-state index in [4.69, 9.17) is 0 Å². The molecule has 0 bridgehead atoms. The van der Waals surface area contributed by atoms with Gasteiger partial charge in [-0.2, -0.15) is 0 Å². The third-order valence-corrected chi connectivity index (χ3v) is 5.93. The molecular formula is C21H31N3O2. The molecule has 1 saturated heterocycles. The van der Waals surface area contributed by atoms with E-state index in [1.54, 1.807) is 13.1 Å². The minimum Gasteiger partial charge on any atom is -0.355 e. The molecule has 0 radical (unpaired) electrons. The van der Waals surface area contributed by atoms with Gasteiger partial charge in [0.25, 0.3) is 5.91 Å². The highest BCUT2D eigenvalue weighted by Gasteiger charge is 2.44. The van der Waals surface area contributed by atoms with Gasteiger partial charge >= 0.3 is 0 Å². The lowest BCUT2D eigenvalue weighted by Crippen LogP contribution is -2.60. The molecule has 1 heterocycles. The average Bonchev–Trinajstić information content (AvgIpc) is 2.72. The minimum absolute atomic E-state index is 0.102. The number of hydrogen-bond acceptors (Lipinski definition) is 3. The lowest BCUT2D eigenvalue weighted by atomic mass is 9.78. The van der Waals surface area contributed by atoms with Gasteiger partial charge in [0.1, 0.15) is 5.54 Å². The molecule has 2 aliphatic rings. The van der Waals surface area contributed by atoms with Crippen LogP contribution in [0.15, 0.2) is 24.3 Å². The Labute approximate surface area is 156 Å². The van der Waals surface area contributed by atoms with E-state index < -0.39 is 0 Å². The molecule has 2 amide bonds. The van der Waals surface area contributed by atoms with Crippen LogP contribution in [-0.2, 0) is 11.3 Å². The van der Waals surface area contributed by atoms with Crippen LogP contribution in [-0.4, -0.2) is 42.4 Å². The van der Waals surface area contributed by atoms with Crippen molar-refractivity contribution in [2.45, 2.75) is 63.5 Å². The number of amides is 2. The topological polar surface area (TPSA) is 61.4 Å². The van der Waals surface area contributed by atoms with Crippen LogP contribution in [0.4, 0.5) is 0 Å². The van der Waals surface area contributed by atoms with Crippen molar-refractivity contribution in [1.29, 1.82) is 0 Å². The standard InChI is InChI=1S/C21H31N3O2/c1-22-19(25)18-10-8-9-17(15-18)16-23-20(26)21(11-4-2-5-12-21)24-13-6-3-7-14-24/h8-10,15H,2-7,11-14,16H2,1H3,(H,22,25)(H,23,26). The van der Waals surface area contributed by atoms with E-state index in [0.717, 1.165) is 44.3 Å². The monoisotopic (exact) mass is 357 g/mol. The molecule has 142 valence electrons. The van der Waals surface area contributed by atoms with Gasteiger partial charge in [-0.3, -0.25) is 14.5 Å². The lowest BCUT2D eigenvalue weighted by molar-refractivity contribution is -0.137. The molecule has 1 aliphatic heterocycles. The van der Waals surface area contributed by atoms with Gasteiger partial charge in [0.2, 0.25) is 5.91 Å². The Bertz CT molecular complexity index is 632. The summed E-state index contributed by atoms with van der Waals surface area (Å²) in [5.41, 5.74) is 1.27.